The normalized spacial score (nSPS) is 17.7. The zero-order valence-electron chi connectivity index (χ0n) is 13.6. The molecule has 3 N–H and O–H groups in total. The van der Waals surface area contributed by atoms with Gasteiger partial charge in [0.25, 0.3) is 0 Å². The Hall–Kier alpha value is -1.35. The molecule has 128 valence electrons. The van der Waals surface area contributed by atoms with Crippen LogP contribution in [0.1, 0.15) is 22.3 Å². The monoisotopic (exact) mass is 432 g/mol. The summed E-state index contributed by atoms with van der Waals surface area (Å²) in [5, 5.41) is 3.36. The van der Waals surface area contributed by atoms with Crippen molar-refractivity contribution in [1.82, 2.24) is 10.2 Å². The lowest BCUT2D eigenvalue weighted by atomic mass is 10.1. The molecule has 0 radical (unpaired) electrons. The minimum Gasteiger partial charge on any atom is -0.384 e. The van der Waals surface area contributed by atoms with Gasteiger partial charge in [-0.15, -0.1) is 24.0 Å². The number of likely N-dealkylation sites (tertiary alicyclic amines) is 1. The van der Waals surface area contributed by atoms with E-state index in [1.165, 1.54) is 0 Å². The largest absolute Gasteiger partial charge is 0.384 e. The highest BCUT2D eigenvalue weighted by Crippen LogP contribution is 2.16. The van der Waals surface area contributed by atoms with Gasteiger partial charge in [-0.1, -0.05) is 12.1 Å². The molecule has 0 aliphatic carbocycles. The van der Waals surface area contributed by atoms with Gasteiger partial charge < -0.3 is 20.7 Å². The molecule has 7 heteroatoms. The first-order valence-electron chi connectivity index (χ1n) is 7.47. The van der Waals surface area contributed by atoms with Gasteiger partial charge in [-0.05, 0) is 24.1 Å². The molecular weight excluding hydrogens is 407 g/mol. The van der Waals surface area contributed by atoms with E-state index in [9.17, 15) is 4.79 Å². The van der Waals surface area contributed by atoms with E-state index in [1.54, 1.807) is 26.3 Å². The highest BCUT2D eigenvalue weighted by Gasteiger charge is 2.24. The average molecular weight is 432 g/mol. The Labute approximate surface area is 154 Å². The number of methoxy groups -OCH3 is 1. The fraction of sp³-hybridized carbons (Fsp3) is 0.500. The number of guanidine groups is 1. The third kappa shape index (κ3) is 5.65. The second-order valence-electron chi connectivity index (χ2n) is 5.52. The van der Waals surface area contributed by atoms with E-state index in [2.05, 4.69) is 15.2 Å². The van der Waals surface area contributed by atoms with Crippen molar-refractivity contribution in [2.45, 2.75) is 13.0 Å². The summed E-state index contributed by atoms with van der Waals surface area (Å²) in [7, 11) is 3.54. The summed E-state index contributed by atoms with van der Waals surface area (Å²) in [5.74, 6) is 1.06. The number of nitrogens with one attached hydrogen (secondary N) is 1. The second kappa shape index (κ2) is 9.71. The lowest BCUT2D eigenvalue weighted by Crippen LogP contribution is -2.39. The molecule has 1 heterocycles. The Balaban J connectivity index is 0.00000264. The van der Waals surface area contributed by atoms with E-state index in [0.29, 0.717) is 18.0 Å². The predicted octanol–water partition coefficient (Wildman–Crippen LogP) is 1.45. The molecule has 1 aromatic rings. The summed E-state index contributed by atoms with van der Waals surface area (Å²) < 4.78 is 5.22. The number of halogens is 1. The number of carbonyl (C=O) groups is 1. The van der Waals surface area contributed by atoms with Crippen LogP contribution in [-0.2, 0) is 11.3 Å². The van der Waals surface area contributed by atoms with Gasteiger partial charge in [0, 0.05) is 45.3 Å². The minimum atomic E-state index is -0.406. The molecule has 6 nitrogen and oxygen atoms in total. The average Bonchev–Trinajstić information content (AvgIpc) is 2.97. The summed E-state index contributed by atoms with van der Waals surface area (Å²) in [6.07, 6.45) is 1.13. The molecular formula is C16H25IN4O2. The smallest absolute Gasteiger partial charge is 0.248 e. The summed E-state index contributed by atoms with van der Waals surface area (Å²) >= 11 is 0. The molecule has 23 heavy (non-hydrogen) atoms. The van der Waals surface area contributed by atoms with Gasteiger partial charge in [-0.3, -0.25) is 9.79 Å². The molecule has 1 aliphatic heterocycles. The van der Waals surface area contributed by atoms with Crippen molar-refractivity contribution in [3.63, 3.8) is 0 Å². The first-order valence-corrected chi connectivity index (χ1v) is 7.47. The Bertz CT molecular complexity index is 533. The van der Waals surface area contributed by atoms with Gasteiger partial charge in [0.15, 0.2) is 5.96 Å². The molecule has 1 atom stereocenters. The maximum Gasteiger partial charge on any atom is 0.248 e. The number of primary amides is 1. The molecule has 0 aromatic heterocycles. The molecule has 0 bridgehead atoms. The molecule has 0 spiro atoms. The number of amides is 1. The molecule has 1 amide bonds. The molecule has 0 saturated carbocycles. The Morgan fingerprint density at radius 3 is 2.70 bits per heavy atom. The highest BCUT2D eigenvalue weighted by molar-refractivity contribution is 14.0. The maximum absolute atomic E-state index is 11.1. The summed E-state index contributed by atoms with van der Waals surface area (Å²) in [5.41, 5.74) is 6.84. The third-order valence-corrected chi connectivity index (χ3v) is 3.89. The molecule has 2 rings (SSSR count). The molecule has 1 unspecified atom stereocenters. The lowest BCUT2D eigenvalue weighted by molar-refractivity contribution is 0.100. The van der Waals surface area contributed by atoms with Gasteiger partial charge in [0.2, 0.25) is 5.91 Å². The van der Waals surface area contributed by atoms with Crippen LogP contribution in [0.3, 0.4) is 0 Å². The van der Waals surface area contributed by atoms with Crippen molar-refractivity contribution in [2.24, 2.45) is 16.6 Å². The number of rotatable bonds is 5. The lowest BCUT2D eigenvalue weighted by Gasteiger charge is -2.21. The van der Waals surface area contributed by atoms with Crippen LogP contribution >= 0.6 is 24.0 Å². The van der Waals surface area contributed by atoms with E-state index in [-0.39, 0.29) is 24.0 Å². The number of hydrogen-bond acceptors (Lipinski definition) is 3. The zero-order valence-corrected chi connectivity index (χ0v) is 15.9. The van der Waals surface area contributed by atoms with Gasteiger partial charge in [0.05, 0.1) is 6.61 Å². The van der Waals surface area contributed by atoms with Crippen molar-refractivity contribution in [3.05, 3.63) is 35.4 Å². The van der Waals surface area contributed by atoms with Crippen molar-refractivity contribution in [1.29, 1.82) is 0 Å². The van der Waals surface area contributed by atoms with E-state index in [0.717, 1.165) is 37.6 Å². The van der Waals surface area contributed by atoms with E-state index >= 15 is 0 Å². The van der Waals surface area contributed by atoms with Gasteiger partial charge in [-0.2, -0.15) is 0 Å². The number of ether oxygens (including phenoxy) is 1. The number of nitrogens with two attached hydrogens (primary N) is 1. The van der Waals surface area contributed by atoms with Gasteiger partial charge in [0.1, 0.15) is 0 Å². The van der Waals surface area contributed by atoms with Crippen LogP contribution in [0.15, 0.2) is 29.3 Å². The standard InChI is InChI=1S/C16H24N4O2.HI/c1-18-16(20-8-7-13(10-20)11-22-2)19-9-12-3-5-14(6-4-12)15(17)21;/h3-6,13H,7-11H2,1-2H3,(H2,17,21)(H,18,19);1H. The molecule has 1 fully saturated rings. The fourth-order valence-corrected chi connectivity index (χ4v) is 2.70. The van der Waals surface area contributed by atoms with Crippen LogP contribution < -0.4 is 11.1 Å². The maximum atomic E-state index is 11.1. The van der Waals surface area contributed by atoms with Crippen molar-refractivity contribution in [2.75, 3.05) is 33.9 Å². The minimum absolute atomic E-state index is 0. The number of nitrogens with zero attached hydrogens (tertiary/aromatic N) is 2. The van der Waals surface area contributed by atoms with Crippen molar-refractivity contribution < 1.29 is 9.53 Å². The van der Waals surface area contributed by atoms with Crippen molar-refractivity contribution in [3.8, 4) is 0 Å². The topological polar surface area (TPSA) is 79.9 Å². The number of benzene rings is 1. The van der Waals surface area contributed by atoms with Crippen LogP contribution in [0, 0.1) is 5.92 Å². The van der Waals surface area contributed by atoms with Crippen LogP contribution in [-0.4, -0.2) is 50.6 Å². The van der Waals surface area contributed by atoms with E-state index in [4.69, 9.17) is 10.5 Å². The summed E-state index contributed by atoms with van der Waals surface area (Å²) in [6.45, 7) is 3.42. The Morgan fingerprint density at radius 2 is 2.13 bits per heavy atom. The quantitative estimate of drug-likeness (QED) is 0.420. The molecule has 1 saturated heterocycles. The van der Waals surface area contributed by atoms with Gasteiger partial charge >= 0.3 is 0 Å². The van der Waals surface area contributed by atoms with Crippen LogP contribution in [0.25, 0.3) is 0 Å². The van der Waals surface area contributed by atoms with Gasteiger partial charge in [-0.25, -0.2) is 0 Å². The zero-order chi connectivity index (χ0) is 15.9. The van der Waals surface area contributed by atoms with Crippen molar-refractivity contribution >= 4 is 35.8 Å². The van der Waals surface area contributed by atoms with Crippen LogP contribution in [0.2, 0.25) is 0 Å². The van der Waals surface area contributed by atoms with E-state index in [1.807, 2.05) is 12.1 Å². The van der Waals surface area contributed by atoms with Crippen LogP contribution in [0.4, 0.5) is 0 Å². The number of hydrogen-bond donors (Lipinski definition) is 2. The highest BCUT2D eigenvalue weighted by atomic mass is 127. The number of aliphatic imine (C=N–C) groups is 1. The SMILES string of the molecule is CN=C(NCc1ccc(C(N)=O)cc1)N1CCC(COC)C1.I. The summed E-state index contributed by atoms with van der Waals surface area (Å²) in [4.78, 5) is 17.6. The Kier molecular flexibility index (Phi) is 8.32. The molecule has 1 aromatic carbocycles. The molecule has 1 aliphatic rings. The fourth-order valence-electron chi connectivity index (χ4n) is 2.70. The number of carbonyl (C=O) groups excluding carboxylic acids is 1. The third-order valence-electron chi connectivity index (χ3n) is 3.89. The van der Waals surface area contributed by atoms with Crippen LogP contribution in [0.5, 0.6) is 0 Å². The second-order valence-corrected chi connectivity index (χ2v) is 5.52. The van der Waals surface area contributed by atoms with E-state index < -0.39 is 5.91 Å². The first kappa shape index (κ1) is 19.7. The summed E-state index contributed by atoms with van der Waals surface area (Å²) in [6, 6.07) is 7.29. The Morgan fingerprint density at radius 1 is 1.43 bits per heavy atom. The first-order chi connectivity index (χ1) is 10.6. The predicted molar refractivity (Wildman–Crippen MR) is 102 cm³/mol.